The Bertz CT molecular complexity index is 962. The van der Waals surface area contributed by atoms with Gasteiger partial charge in [-0.25, -0.2) is 4.39 Å². The van der Waals surface area contributed by atoms with E-state index in [2.05, 4.69) is 26.5 Å². The highest BCUT2D eigenvalue weighted by Gasteiger charge is 2.35. The number of benzene rings is 1. The Hall–Kier alpha value is -2.48. The number of carbonyl (C=O) groups excluding carboxylic acids is 1. The zero-order valence-corrected chi connectivity index (χ0v) is 18.7. The molecule has 0 unspecified atom stereocenters. The first-order valence-corrected chi connectivity index (χ1v) is 11.9. The molecule has 32 heavy (non-hydrogen) atoms. The molecule has 0 atom stereocenters. The quantitative estimate of drug-likeness (QED) is 0.607. The van der Waals surface area contributed by atoms with Crippen LogP contribution in [0.15, 0.2) is 29.4 Å². The number of ether oxygens (including phenoxy) is 1. The highest BCUT2D eigenvalue weighted by atomic mass is 32.2. The molecule has 8 nitrogen and oxygen atoms in total. The maximum Gasteiger partial charge on any atom is 0.231 e. The fourth-order valence-corrected chi connectivity index (χ4v) is 4.92. The van der Waals surface area contributed by atoms with Gasteiger partial charge in [0.1, 0.15) is 11.4 Å². The van der Waals surface area contributed by atoms with Crippen molar-refractivity contribution in [2.75, 3.05) is 38.6 Å². The number of hydrogen-bond acceptors (Lipinski definition) is 7. The van der Waals surface area contributed by atoms with Gasteiger partial charge in [0.15, 0.2) is 11.0 Å². The molecule has 10 heteroatoms. The van der Waals surface area contributed by atoms with E-state index in [0.29, 0.717) is 30.4 Å². The third-order valence-corrected chi connectivity index (χ3v) is 6.91. The van der Waals surface area contributed by atoms with E-state index in [1.807, 2.05) is 4.57 Å². The van der Waals surface area contributed by atoms with Crippen LogP contribution >= 0.6 is 11.8 Å². The SMILES string of the molecule is N#CC1(NC(=O)CSc2nnc(-c3ccc(F)cc3)n2CCN2CCOCC2)CCCC1. The van der Waals surface area contributed by atoms with Crippen molar-refractivity contribution < 1.29 is 13.9 Å². The molecule has 1 aliphatic carbocycles. The van der Waals surface area contributed by atoms with E-state index in [1.165, 1.54) is 23.9 Å². The lowest BCUT2D eigenvalue weighted by Crippen LogP contribution is -2.45. The summed E-state index contributed by atoms with van der Waals surface area (Å²) in [5.74, 6) is 0.315. The molecule has 0 bridgehead atoms. The Kier molecular flexibility index (Phi) is 7.40. The lowest BCUT2D eigenvalue weighted by molar-refractivity contribution is -0.119. The number of carbonyl (C=O) groups is 1. The molecule has 1 saturated carbocycles. The Morgan fingerprint density at radius 2 is 1.91 bits per heavy atom. The summed E-state index contributed by atoms with van der Waals surface area (Å²) in [5, 5.41) is 21.7. The van der Waals surface area contributed by atoms with Crippen molar-refractivity contribution in [3.05, 3.63) is 30.1 Å². The first kappa shape index (κ1) is 22.7. The first-order chi connectivity index (χ1) is 15.6. The van der Waals surface area contributed by atoms with Crippen molar-refractivity contribution in [2.45, 2.75) is 42.9 Å². The molecule has 0 spiro atoms. The van der Waals surface area contributed by atoms with Crippen LogP contribution in [0.25, 0.3) is 11.4 Å². The van der Waals surface area contributed by atoms with E-state index in [-0.39, 0.29) is 17.5 Å². The number of rotatable bonds is 8. The van der Waals surface area contributed by atoms with Gasteiger partial charge in [-0.15, -0.1) is 10.2 Å². The Balaban J connectivity index is 1.47. The smallest absolute Gasteiger partial charge is 0.231 e. The second kappa shape index (κ2) is 10.4. The molecule has 2 aliphatic rings. The predicted octanol–water partition coefficient (Wildman–Crippen LogP) is 2.46. The average molecular weight is 459 g/mol. The number of aromatic nitrogens is 3. The van der Waals surface area contributed by atoms with Gasteiger partial charge in [-0.3, -0.25) is 9.69 Å². The number of hydrogen-bond donors (Lipinski definition) is 1. The molecular formula is C22H27FN6O2S. The summed E-state index contributed by atoms with van der Waals surface area (Å²) < 4.78 is 20.8. The van der Waals surface area contributed by atoms with Crippen molar-refractivity contribution in [2.24, 2.45) is 0 Å². The summed E-state index contributed by atoms with van der Waals surface area (Å²) in [6.45, 7) is 4.62. The predicted molar refractivity (Wildman–Crippen MR) is 118 cm³/mol. The van der Waals surface area contributed by atoms with Crippen LogP contribution in [0.5, 0.6) is 0 Å². The van der Waals surface area contributed by atoms with Crippen LogP contribution in [0.2, 0.25) is 0 Å². The van der Waals surface area contributed by atoms with Gasteiger partial charge in [-0.2, -0.15) is 5.26 Å². The minimum Gasteiger partial charge on any atom is -0.379 e. The molecule has 1 aromatic carbocycles. The Labute approximate surface area is 191 Å². The van der Waals surface area contributed by atoms with E-state index < -0.39 is 5.54 Å². The van der Waals surface area contributed by atoms with E-state index in [4.69, 9.17) is 4.74 Å². The third kappa shape index (κ3) is 5.46. The zero-order valence-electron chi connectivity index (χ0n) is 17.9. The van der Waals surface area contributed by atoms with Crippen LogP contribution in [-0.2, 0) is 16.1 Å². The normalized spacial score (nSPS) is 18.4. The lowest BCUT2D eigenvalue weighted by atomic mass is 10.0. The van der Waals surface area contributed by atoms with Gasteiger partial charge in [0.05, 0.1) is 25.0 Å². The lowest BCUT2D eigenvalue weighted by Gasteiger charge is -2.27. The van der Waals surface area contributed by atoms with Crippen LogP contribution in [0, 0.1) is 17.1 Å². The highest BCUT2D eigenvalue weighted by Crippen LogP contribution is 2.29. The number of nitriles is 1. The number of halogens is 1. The van der Waals surface area contributed by atoms with Gasteiger partial charge < -0.3 is 14.6 Å². The number of morpholine rings is 1. The fraction of sp³-hybridized carbons (Fsp3) is 0.545. The van der Waals surface area contributed by atoms with Gasteiger partial charge in [-0.05, 0) is 49.9 Å². The third-order valence-electron chi connectivity index (χ3n) is 5.94. The van der Waals surface area contributed by atoms with E-state index in [1.54, 1.807) is 12.1 Å². The molecule has 4 rings (SSSR count). The Morgan fingerprint density at radius 1 is 1.19 bits per heavy atom. The molecule has 1 N–H and O–H groups in total. The molecular weight excluding hydrogens is 431 g/mol. The second-order valence-electron chi connectivity index (χ2n) is 8.16. The first-order valence-electron chi connectivity index (χ1n) is 10.9. The number of thioether (sulfide) groups is 1. The summed E-state index contributed by atoms with van der Waals surface area (Å²) >= 11 is 1.30. The molecule has 0 radical (unpaired) electrons. The van der Waals surface area contributed by atoms with Crippen molar-refractivity contribution in [1.82, 2.24) is 25.0 Å². The number of nitrogens with zero attached hydrogens (tertiary/aromatic N) is 5. The van der Waals surface area contributed by atoms with E-state index in [0.717, 1.165) is 51.3 Å². The van der Waals surface area contributed by atoms with Crippen LogP contribution < -0.4 is 5.32 Å². The van der Waals surface area contributed by atoms with Gasteiger partial charge in [0.25, 0.3) is 0 Å². The Morgan fingerprint density at radius 3 is 2.59 bits per heavy atom. The summed E-state index contributed by atoms with van der Waals surface area (Å²) in [5.41, 5.74) is 0.0348. The summed E-state index contributed by atoms with van der Waals surface area (Å²) in [7, 11) is 0. The molecule has 1 aliphatic heterocycles. The van der Waals surface area contributed by atoms with Crippen molar-refractivity contribution in [1.29, 1.82) is 5.26 Å². The summed E-state index contributed by atoms with van der Waals surface area (Å²) in [4.78, 5) is 14.9. The van der Waals surface area contributed by atoms with Crippen LogP contribution in [-0.4, -0.2) is 69.7 Å². The van der Waals surface area contributed by atoms with Crippen LogP contribution in [0.1, 0.15) is 25.7 Å². The maximum atomic E-state index is 13.4. The van der Waals surface area contributed by atoms with Gasteiger partial charge in [0, 0.05) is 31.7 Å². The number of nitrogens with one attached hydrogen (secondary N) is 1. The highest BCUT2D eigenvalue weighted by molar-refractivity contribution is 7.99. The standard InChI is InChI=1S/C22H27FN6O2S/c23-18-5-3-17(4-6-18)20-26-27-21(29(20)10-9-28-11-13-31-14-12-28)32-15-19(30)25-22(16-24)7-1-2-8-22/h3-6H,1-2,7-15H2,(H,25,30). The second-order valence-corrected chi connectivity index (χ2v) is 9.10. The monoisotopic (exact) mass is 458 g/mol. The van der Waals surface area contributed by atoms with Crippen molar-refractivity contribution in [3.8, 4) is 17.5 Å². The number of amides is 1. The molecule has 1 amide bonds. The zero-order chi connectivity index (χ0) is 22.4. The van der Waals surface area contributed by atoms with Crippen LogP contribution in [0.3, 0.4) is 0 Å². The fourth-order valence-electron chi connectivity index (χ4n) is 4.15. The molecule has 1 aromatic heterocycles. The summed E-state index contributed by atoms with van der Waals surface area (Å²) in [6.07, 6.45) is 3.31. The molecule has 1 saturated heterocycles. The van der Waals surface area contributed by atoms with E-state index >= 15 is 0 Å². The molecule has 2 heterocycles. The molecule has 2 fully saturated rings. The maximum absolute atomic E-state index is 13.4. The van der Waals surface area contributed by atoms with E-state index in [9.17, 15) is 14.4 Å². The van der Waals surface area contributed by atoms with Crippen LogP contribution in [0.4, 0.5) is 4.39 Å². The largest absolute Gasteiger partial charge is 0.379 e. The van der Waals surface area contributed by atoms with Crippen molar-refractivity contribution in [3.63, 3.8) is 0 Å². The van der Waals surface area contributed by atoms with Gasteiger partial charge in [-0.1, -0.05) is 11.8 Å². The summed E-state index contributed by atoms with van der Waals surface area (Å²) in [6, 6.07) is 8.45. The molecule has 2 aromatic rings. The van der Waals surface area contributed by atoms with Gasteiger partial charge in [0.2, 0.25) is 5.91 Å². The van der Waals surface area contributed by atoms with Crippen molar-refractivity contribution >= 4 is 17.7 Å². The average Bonchev–Trinajstić information content (AvgIpc) is 3.45. The molecule has 170 valence electrons. The minimum atomic E-state index is -0.735. The minimum absolute atomic E-state index is 0.155. The topological polar surface area (TPSA) is 96.1 Å². The van der Waals surface area contributed by atoms with Gasteiger partial charge >= 0.3 is 0 Å².